The van der Waals surface area contributed by atoms with Gasteiger partial charge in [0, 0.05) is 55.0 Å². The molecule has 4 heterocycles. The molecule has 60 heavy (non-hydrogen) atoms. The Morgan fingerprint density at radius 2 is 1.37 bits per heavy atom. The zero-order valence-corrected chi connectivity index (χ0v) is 39.2. The molecule has 1 aliphatic rings. The predicted octanol–water partition coefficient (Wildman–Crippen LogP) is 13.7. The molecule has 0 bridgehead atoms. The number of para-hydroxylation sites is 1. The molecule has 0 saturated carbocycles. The summed E-state index contributed by atoms with van der Waals surface area (Å²) in [6, 6.07) is 41.0. The maximum Gasteiger partial charge on any atom is 0.148 e. The first-order valence-electron chi connectivity index (χ1n) is 20.9. The number of hydrogen-bond donors (Lipinski definition) is 1. The van der Waals surface area contributed by atoms with Crippen LogP contribution in [0.2, 0.25) is 0 Å². The number of aromatic nitrogens is 4. The average Bonchev–Trinajstić information content (AvgIpc) is 3.79. The summed E-state index contributed by atoms with van der Waals surface area (Å²) in [7, 11) is 0. The van der Waals surface area contributed by atoms with Gasteiger partial charge in [-0.25, -0.2) is 4.98 Å². The summed E-state index contributed by atoms with van der Waals surface area (Å²) in [6.45, 7) is 26.8. The molecule has 5 nitrogen and oxygen atoms in total. The number of nitrogens with zero attached hydrogens (tertiary/aromatic N) is 4. The maximum atomic E-state index is 12.5. The van der Waals surface area contributed by atoms with Crippen LogP contribution in [0.25, 0.3) is 67.3 Å². The summed E-state index contributed by atoms with van der Waals surface area (Å²) >= 11 is 0. The van der Waals surface area contributed by atoms with E-state index < -0.39 is 0 Å². The van der Waals surface area contributed by atoms with Gasteiger partial charge in [-0.3, -0.25) is 9.55 Å². The molecule has 308 valence electrons. The van der Waals surface area contributed by atoms with Crippen LogP contribution >= 0.6 is 0 Å². The van der Waals surface area contributed by atoms with E-state index in [9.17, 15) is 5.11 Å². The second kappa shape index (κ2) is 14.2. The zero-order valence-electron chi connectivity index (χ0n) is 36.9. The fourth-order valence-electron chi connectivity index (χ4n) is 9.29. The van der Waals surface area contributed by atoms with Gasteiger partial charge in [0.25, 0.3) is 0 Å². The van der Waals surface area contributed by atoms with Gasteiger partial charge in [0.2, 0.25) is 0 Å². The minimum absolute atomic E-state index is 0. The van der Waals surface area contributed by atoms with Crippen LogP contribution < -0.4 is 0 Å². The van der Waals surface area contributed by atoms with Gasteiger partial charge in [-0.1, -0.05) is 154 Å². The van der Waals surface area contributed by atoms with Gasteiger partial charge in [0.05, 0.1) is 28.1 Å². The van der Waals surface area contributed by atoms with Gasteiger partial charge in [0.1, 0.15) is 11.6 Å². The van der Waals surface area contributed by atoms with E-state index in [0.717, 1.165) is 67.0 Å². The summed E-state index contributed by atoms with van der Waals surface area (Å²) in [6.07, 6.45) is 1.90. The van der Waals surface area contributed by atoms with Crippen molar-refractivity contribution in [2.24, 2.45) is 0 Å². The van der Waals surface area contributed by atoms with Crippen molar-refractivity contribution in [2.45, 2.75) is 105 Å². The molecule has 8 aromatic rings. The Morgan fingerprint density at radius 1 is 0.667 bits per heavy atom. The molecule has 0 unspecified atom stereocenters. The van der Waals surface area contributed by atoms with E-state index in [1.807, 2.05) is 6.20 Å². The molecular weight excluding hydrogens is 916 g/mol. The zero-order chi connectivity index (χ0) is 42.0. The second-order valence-corrected chi connectivity index (χ2v) is 20.2. The molecule has 0 spiro atoms. The van der Waals surface area contributed by atoms with Gasteiger partial charge in [-0.15, -0.1) is 23.3 Å². The van der Waals surface area contributed by atoms with Crippen molar-refractivity contribution in [1.29, 1.82) is 0 Å². The first-order valence-corrected chi connectivity index (χ1v) is 20.9. The van der Waals surface area contributed by atoms with E-state index >= 15 is 0 Å². The van der Waals surface area contributed by atoms with Crippen molar-refractivity contribution in [3.05, 3.63) is 149 Å². The van der Waals surface area contributed by atoms with Gasteiger partial charge in [0.15, 0.2) is 0 Å². The number of benzene rings is 5. The fourth-order valence-corrected chi connectivity index (χ4v) is 9.29. The molecule has 5 aromatic carbocycles. The van der Waals surface area contributed by atoms with Crippen LogP contribution in [0.5, 0.6) is 5.75 Å². The van der Waals surface area contributed by atoms with E-state index in [1.54, 1.807) is 0 Å². The normalized spacial score (nSPS) is 13.7. The monoisotopic (exact) mass is 970 g/mol. The summed E-state index contributed by atoms with van der Waals surface area (Å²) in [5, 5.41) is 12.5. The molecule has 0 radical (unpaired) electrons. The quantitative estimate of drug-likeness (QED) is 0.179. The predicted molar refractivity (Wildman–Crippen MR) is 245 cm³/mol. The number of fused-ring (bicyclic) bond motifs is 3. The van der Waals surface area contributed by atoms with Crippen molar-refractivity contribution in [1.82, 2.24) is 18.9 Å². The molecule has 6 heteroatoms. The molecule has 0 aliphatic carbocycles. The molecule has 3 aromatic heterocycles. The third kappa shape index (κ3) is 6.56. The van der Waals surface area contributed by atoms with Crippen molar-refractivity contribution < 1.29 is 26.2 Å². The number of phenolic OH excluding ortho intramolecular Hbond substituents is 1. The molecular formula is C54H55N4OPt-. The number of phenols is 1. The largest absolute Gasteiger partial charge is 0.507 e. The van der Waals surface area contributed by atoms with E-state index in [2.05, 4.69) is 201 Å². The summed E-state index contributed by atoms with van der Waals surface area (Å²) < 4.78 is 4.57. The fraction of sp³-hybridized carbons (Fsp3) is 0.296. The average molecular weight is 971 g/mol. The SMILES string of the molecule is Cc1cc(-c2cccc3c2nc(-c2cc(C(C)(C)C)cc(C(C)(C)C)c2O)n3-c2ccc(C(C)(C)C)cc2-c2ccccc2)[c-]c2c1C(C)(C)c1ccc3ccnc-2n13.[Pt]. The van der Waals surface area contributed by atoms with Crippen molar-refractivity contribution in [3.8, 4) is 56.5 Å². The Kier molecular flexibility index (Phi) is 9.79. The van der Waals surface area contributed by atoms with Crippen LogP contribution in [0, 0.1) is 13.0 Å². The number of aromatic hydroxyl groups is 1. The third-order valence-corrected chi connectivity index (χ3v) is 12.5. The van der Waals surface area contributed by atoms with E-state index in [1.165, 1.54) is 22.4 Å². The molecule has 9 rings (SSSR count). The minimum atomic E-state index is -0.314. The Hall–Kier alpha value is -5.25. The molecule has 1 aliphatic heterocycles. The van der Waals surface area contributed by atoms with Crippen molar-refractivity contribution >= 4 is 16.6 Å². The van der Waals surface area contributed by atoms with Crippen molar-refractivity contribution in [2.75, 3.05) is 0 Å². The van der Waals surface area contributed by atoms with Gasteiger partial charge >= 0.3 is 0 Å². The topological polar surface area (TPSA) is 55.4 Å². The summed E-state index contributed by atoms with van der Waals surface area (Å²) in [5.41, 5.74) is 16.0. The van der Waals surface area contributed by atoms with E-state index in [4.69, 9.17) is 9.97 Å². The maximum absolute atomic E-state index is 12.5. The van der Waals surface area contributed by atoms with E-state index in [0.29, 0.717) is 11.4 Å². The molecule has 0 amide bonds. The molecule has 0 fully saturated rings. The standard InChI is InChI=1S/C54H55N4O.Pt/c1-32-27-34(28-40-46(32)54(11,12)45-24-22-37-25-26-55-49(40)57(37)45)38-19-16-20-44-47(38)56-50(41-30-36(52(5,6)7)31-42(48(41)59)53(8,9)10)58(44)43-23-21-35(51(2,3)4)29-39(43)33-17-14-13-15-18-33;/h13-27,29-31,59H,1-12H3;/q-1;. The van der Waals surface area contributed by atoms with Crippen LogP contribution in [0.15, 0.2) is 109 Å². The minimum Gasteiger partial charge on any atom is -0.507 e. The number of rotatable bonds is 4. The Bertz CT molecular complexity index is 2980. The number of imidazole rings is 1. The van der Waals surface area contributed by atoms with Gasteiger partial charge in [-0.2, -0.15) is 0 Å². The summed E-state index contributed by atoms with van der Waals surface area (Å²) in [4.78, 5) is 10.6. The smallest absolute Gasteiger partial charge is 0.148 e. The van der Waals surface area contributed by atoms with Gasteiger partial charge < -0.3 is 9.51 Å². The molecule has 1 N–H and O–H groups in total. The molecule has 0 saturated heterocycles. The first-order chi connectivity index (χ1) is 27.7. The number of hydrogen-bond acceptors (Lipinski definition) is 3. The van der Waals surface area contributed by atoms with Gasteiger partial charge in [-0.05, 0) is 75.4 Å². The van der Waals surface area contributed by atoms with Crippen LogP contribution in [-0.4, -0.2) is 24.0 Å². The van der Waals surface area contributed by atoms with Crippen LogP contribution in [0.1, 0.15) is 110 Å². The third-order valence-electron chi connectivity index (χ3n) is 12.5. The molecule has 0 atom stereocenters. The van der Waals surface area contributed by atoms with E-state index in [-0.39, 0.29) is 48.5 Å². The van der Waals surface area contributed by atoms with Crippen molar-refractivity contribution in [3.63, 3.8) is 0 Å². The Morgan fingerprint density at radius 3 is 2.05 bits per heavy atom. The Labute approximate surface area is 369 Å². The van der Waals surface area contributed by atoms with Crippen LogP contribution in [0.3, 0.4) is 0 Å². The first kappa shape index (κ1) is 41.5. The Balaban J connectivity index is 0.00000499. The van der Waals surface area contributed by atoms with Crippen LogP contribution in [-0.2, 0) is 42.7 Å². The van der Waals surface area contributed by atoms with Crippen LogP contribution in [0.4, 0.5) is 0 Å². The second-order valence-electron chi connectivity index (χ2n) is 20.2. The number of aryl methyl sites for hydroxylation is 1. The summed E-state index contributed by atoms with van der Waals surface area (Å²) in [5.74, 6) is 1.86.